The van der Waals surface area contributed by atoms with Crippen molar-refractivity contribution in [2.45, 2.75) is 24.8 Å². The van der Waals surface area contributed by atoms with Crippen LogP contribution in [0.25, 0.3) is 0 Å². The van der Waals surface area contributed by atoms with Crippen LogP contribution in [0.2, 0.25) is 0 Å². The molecule has 3 rings (SSSR count). The van der Waals surface area contributed by atoms with E-state index in [2.05, 4.69) is 33.6 Å². The highest BCUT2D eigenvalue weighted by molar-refractivity contribution is 7.90. The number of piperazine rings is 1. The van der Waals surface area contributed by atoms with Crippen LogP contribution < -0.4 is 14.5 Å². The molecule has 1 aliphatic heterocycles. The van der Waals surface area contributed by atoms with Gasteiger partial charge in [0, 0.05) is 43.8 Å². The first-order valence-electron chi connectivity index (χ1n) is 8.98. The summed E-state index contributed by atoms with van der Waals surface area (Å²) in [6.45, 7) is 6.63. The minimum Gasteiger partial charge on any atom is -0.481 e. The molecular formula is C19H26N4O3S. The standard InChI is InChI=1S/C19H26N4O3S/c1-14(2)17-13-22(15-6-5-7-16(12-15)27(4,24)25)10-11-23(17)19-20-9-8-18(21-19)26-3/h5-9,12,14,17H,10-11,13H2,1-4H3. The zero-order valence-corrected chi connectivity index (χ0v) is 17.0. The molecule has 2 aromatic rings. The molecule has 146 valence electrons. The lowest BCUT2D eigenvalue weighted by molar-refractivity contribution is 0.388. The first-order chi connectivity index (χ1) is 12.8. The molecule has 0 spiro atoms. The molecule has 0 radical (unpaired) electrons. The molecule has 1 fully saturated rings. The fourth-order valence-electron chi connectivity index (χ4n) is 3.36. The van der Waals surface area contributed by atoms with Crippen molar-refractivity contribution in [3.63, 3.8) is 0 Å². The Balaban J connectivity index is 1.86. The van der Waals surface area contributed by atoms with Crippen molar-refractivity contribution in [1.29, 1.82) is 0 Å². The number of methoxy groups -OCH3 is 1. The van der Waals surface area contributed by atoms with Crippen LogP contribution in [0.5, 0.6) is 5.88 Å². The van der Waals surface area contributed by atoms with Gasteiger partial charge in [0.25, 0.3) is 0 Å². The van der Waals surface area contributed by atoms with E-state index in [1.54, 1.807) is 37.6 Å². The summed E-state index contributed by atoms with van der Waals surface area (Å²) in [5.74, 6) is 1.59. The average Bonchev–Trinajstić information content (AvgIpc) is 2.67. The van der Waals surface area contributed by atoms with Crippen LogP contribution in [-0.2, 0) is 9.84 Å². The third-order valence-corrected chi connectivity index (χ3v) is 5.99. The quantitative estimate of drug-likeness (QED) is 0.775. The van der Waals surface area contributed by atoms with Gasteiger partial charge in [-0.3, -0.25) is 0 Å². The smallest absolute Gasteiger partial charge is 0.228 e. The predicted octanol–water partition coefficient (Wildman–Crippen LogP) is 2.24. The van der Waals surface area contributed by atoms with E-state index in [1.807, 2.05) is 6.07 Å². The van der Waals surface area contributed by atoms with Crippen molar-refractivity contribution in [2.24, 2.45) is 5.92 Å². The SMILES string of the molecule is COc1ccnc(N2CCN(c3cccc(S(C)(=O)=O)c3)CC2C(C)C)n1. The van der Waals surface area contributed by atoms with Gasteiger partial charge in [-0.25, -0.2) is 13.4 Å². The van der Waals surface area contributed by atoms with E-state index in [0.717, 1.165) is 25.3 Å². The summed E-state index contributed by atoms with van der Waals surface area (Å²) in [5.41, 5.74) is 0.926. The average molecular weight is 391 g/mol. The van der Waals surface area contributed by atoms with Crippen LogP contribution in [0.1, 0.15) is 13.8 Å². The van der Waals surface area contributed by atoms with Crippen molar-refractivity contribution >= 4 is 21.5 Å². The molecule has 1 saturated heterocycles. The summed E-state index contributed by atoms with van der Waals surface area (Å²) in [4.78, 5) is 13.7. The van der Waals surface area contributed by atoms with Crippen molar-refractivity contribution in [3.05, 3.63) is 36.5 Å². The van der Waals surface area contributed by atoms with Gasteiger partial charge in [0.1, 0.15) is 0 Å². The first-order valence-corrected chi connectivity index (χ1v) is 10.9. The van der Waals surface area contributed by atoms with Crippen LogP contribution in [-0.4, -0.2) is 57.4 Å². The van der Waals surface area contributed by atoms with Crippen LogP contribution in [0.3, 0.4) is 0 Å². The number of aromatic nitrogens is 2. The van der Waals surface area contributed by atoms with Gasteiger partial charge in [-0.1, -0.05) is 19.9 Å². The number of ether oxygens (including phenoxy) is 1. The van der Waals surface area contributed by atoms with E-state index in [4.69, 9.17) is 4.74 Å². The maximum atomic E-state index is 11.9. The minimum absolute atomic E-state index is 0.202. The molecule has 1 unspecified atom stereocenters. The molecule has 2 heterocycles. The number of sulfone groups is 1. The summed E-state index contributed by atoms with van der Waals surface area (Å²) in [7, 11) is -1.63. The van der Waals surface area contributed by atoms with Gasteiger partial charge in [0.05, 0.1) is 18.0 Å². The highest BCUT2D eigenvalue weighted by atomic mass is 32.2. The summed E-state index contributed by atoms with van der Waals surface area (Å²) >= 11 is 0. The Morgan fingerprint density at radius 1 is 1.22 bits per heavy atom. The summed E-state index contributed by atoms with van der Waals surface area (Å²) in [5, 5.41) is 0. The molecule has 1 aromatic carbocycles. The fourth-order valence-corrected chi connectivity index (χ4v) is 4.02. The maximum absolute atomic E-state index is 11.9. The highest BCUT2D eigenvalue weighted by Crippen LogP contribution is 2.27. The second-order valence-corrected chi connectivity index (χ2v) is 9.14. The van der Waals surface area contributed by atoms with Gasteiger partial charge >= 0.3 is 0 Å². The molecule has 8 heteroatoms. The van der Waals surface area contributed by atoms with Crippen molar-refractivity contribution in [2.75, 3.05) is 42.8 Å². The van der Waals surface area contributed by atoms with E-state index in [9.17, 15) is 8.42 Å². The highest BCUT2D eigenvalue weighted by Gasteiger charge is 2.31. The molecule has 27 heavy (non-hydrogen) atoms. The monoisotopic (exact) mass is 390 g/mol. The van der Waals surface area contributed by atoms with Crippen LogP contribution in [0.4, 0.5) is 11.6 Å². The van der Waals surface area contributed by atoms with Crippen LogP contribution in [0.15, 0.2) is 41.4 Å². The zero-order valence-electron chi connectivity index (χ0n) is 16.2. The fraction of sp³-hybridized carbons (Fsp3) is 0.474. The van der Waals surface area contributed by atoms with E-state index in [-0.39, 0.29) is 6.04 Å². The first kappa shape index (κ1) is 19.4. The van der Waals surface area contributed by atoms with Gasteiger partial charge in [-0.05, 0) is 24.1 Å². The van der Waals surface area contributed by atoms with Crippen LogP contribution >= 0.6 is 0 Å². The molecule has 0 saturated carbocycles. The summed E-state index contributed by atoms with van der Waals surface area (Å²) in [6, 6.07) is 9.09. The van der Waals surface area contributed by atoms with Crippen LogP contribution in [0, 0.1) is 5.92 Å². The van der Waals surface area contributed by atoms with Gasteiger partial charge in [0.15, 0.2) is 9.84 Å². The van der Waals surface area contributed by atoms with E-state index >= 15 is 0 Å². The third-order valence-electron chi connectivity index (χ3n) is 4.88. The molecular weight excluding hydrogens is 364 g/mol. The lowest BCUT2D eigenvalue weighted by Gasteiger charge is -2.44. The van der Waals surface area contributed by atoms with E-state index in [1.165, 1.54) is 6.26 Å². The predicted molar refractivity (Wildman–Crippen MR) is 106 cm³/mol. The number of hydrogen-bond donors (Lipinski definition) is 0. The van der Waals surface area contributed by atoms with Gasteiger partial charge in [0.2, 0.25) is 11.8 Å². The summed E-state index contributed by atoms with van der Waals surface area (Å²) < 4.78 is 29.0. The second kappa shape index (κ2) is 7.72. The Labute approximate surface area is 160 Å². The van der Waals surface area contributed by atoms with Crippen molar-refractivity contribution in [1.82, 2.24) is 9.97 Å². The third kappa shape index (κ3) is 4.32. The molecule has 0 aliphatic carbocycles. The Morgan fingerprint density at radius 2 is 2.00 bits per heavy atom. The molecule has 1 aromatic heterocycles. The number of benzene rings is 1. The molecule has 0 amide bonds. The topological polar surface area (TPSA) is 75.6 Å². The number of hydrogen-bond acceptors (Lipinski definition) is 7. The van der Waals surface area contributed by atoms with E-state index < -0.39 is 9.84 Å². The lowest BCUT2D eigenvalue weighted by Crippen LogP contribution is -2.56. The zero-order chi connectivity index (χ0) is 19.6. The Bertz CT molecular complexity index is 901. The molecule has 0 bridgehead atoms. The van der Waals surface area contributed by atoms with Gasteiger partial charge < -0.3 is 14.5 Å². The molecule has 7 nitrogen and oxygen atoms in total. The number of anilines is 2. The second-order valence-electron chi connectivity index (χ2n) is 7.12. The minimum atomic E-state index is -3.23. The van der Waals surface area contributed by atoms with Gasteiger partial charge in [-0.2, -0.15) is 4.98 Å². The van der Waals surface area contributed by atoms with Crippen molar-refractivity contribution < 1.29 is 13.2 Å². The molecule has 1 aliphatic rings. The summed E-state index contributed by atoms with van der Waals surface area (Å²) in [6.07, 6.45) is 2.95. The number of nitrogens with zero attached hydrogens (tertiary/aromatic N) is 4. The van der Waals surface area contributed by atoms with E-state index in [0.29, 0.717) is 22.6 Å². The normalized spacial score (nSPS) is 18.0. The lowest BCUT2D eigenvalue weighted by atomic mass is 9.99. The Hall–Kier alpha value is -2.35. The largest absolute Gasteiger partial charge is 0.481 e. The maximum Gasteiger partial charge on any atom is 0.228 e. The Morgan fingerprint density at radius 3 is 2.67 bits per heavy atom. The molecule has 0 N–H and O–H groups in total. The Kier molecular flexibility index (Phi) is 5.55. The van der Waals surface area contributed by atoms with Gasteiger partial charge in [-0.15, -0.1) is 0 Å². The van der Waals surface area contributed by atoms with Crippen molar-refractivity contribution in [3.8, 4) is 5.88 Å². The molecule has 1 atom stereocenters. The number of rotatable bonds is 5.